The third-order valence-corrected chi connectivity index (χ3v) is 4.05. The summed E-state index contributed by atoms with van der Waals surface area (Å²) in [5.41, 5.74) is 1.33. The number of halogens is 2. The highest BCUT2D eigenvalue weighted by Crippen LogP contribution is 2.37. The predicted molar refractivity (Wildman–Crippen MR) is 77.2 cm³/mol. The summed E-state index contributed by atoms with van der Waals surface area (Å²) in [6.45, 7) is 3.96. The molecule has 0 N–H and O–H groups in total. The molecule has 1 fully saturated rings. The van der Waals surface area contributed by atoms with E-state index in [4.69, 9.17) is 14.2 Å². The molecule has 0 aromatic heterocycles. The van der Waals surface area contributed by atoms with Gasteiger partial charge in [-0.05, 0) is 48.6 Å². The molecular weight excluding hydrogens is 415 g/mol. The maximum absolute atomic E-state index is 11.8. The average molecular weight is 427 g/mol. The van der Waals surface area contributed by atoms with Crippen LogP contribution in [0.4, 0.5) is 0 Å². The number of esters is 1. The summed E-state index contributed by atoms with van der Waals surface area (Å²) in [6.07, 6.45) is -0.619. The van der Waals surface area contributed by atoms with Crippen LogP contribution < -0.4 is 0 Å². The molecule has 4 nitrogen and oxygen atoms in total. The Balaban J connectivity index is 2.30. The molecule has 1 saturated heterocycles. The SMILES string of the molecule is CCOC(=O)c1cc(C2OC(C)O2)c(Br)cc1I. The number of rotatable bonds is 3. The maximum Gasteiger partial charge on any atom is 0.339 e. The number of hydrogen-bond acceptors (Lipinski definition) is 4. The Morgan fingerprint density at radius 1 is 1.50 bits per heavy atom. The van der Waals surface area contributed by atoms with Gasteiger partial charge in [0.15, 0.2) is 12.6 Å². The summed E-state index contributed by atoms with van der Waals surface area (Å²) in [5.74, 6) is -0.331. The molecule has 0 saturated carbocycles. The lowest BCUT2D eigenvalue weighted by atomic mass is 10.1. The van der Waals surface area contributed by atoms with E-state index in [1.165, 1.54) is 0 Å². The Morgan fingerprint density at radius 3 is 2.72 bits per heavy atom. The molecule has 1 aliphatic rings. The summed E-state index contributed by atoms with van der Waals surface area (Å²) < 4.78 is 17.6. The largest absolute Gasteiger partial charge is 0.462 e. The minimum atomic E-state index is -0.417. The van der Waals surface area contributed by atoms with Crippen molar-refractivity contribution >= 4 is 44.5 Å². The Hall–Kier alpha value is -0.180. The summed E-state index contributed by atoms with van der Waals surface area (Å²) in [6, 6.07) is 3.61. The first-order valence-corrected chi connectivity index (χ1v) is 7.37. The van der Waals surface area contributed by atoms with E-state index < -0.39 is 6.29 Å². The lowest BCUT2D eigenvalue weighted by molar-refractivity contribution is -0.382. The molecule has 18 heavy (non-hydrogen) atoms. The molecule has 1 heterocycles. The first kappa shape index (κ1) is 14.2. The van der Waals surface area contributed by atoms with E-state index in [0.29, 0.717) is 12.2 Å². The summed E-state index contributed by atoms with van der Waals surface area (Å²) in [5, 5.41) is 0. The van der Waals surface area contributed by atoms with E-state index in [0.717, 1.165) is 13.6 Å². The lowest BCUT2D eigenvalue weighted by Gasteiger charge is -2.34. The molecule has 1 aliphatic heterocycles. The first-order chi connectivity index (χ1) is 8.52. The molecule has 0 unspecified atom stereocenters. The fourth-order valence-corrected chi connectivity index (χ4v) is 3.26. The summed E-state index contributed by atoms with van der Waals surface area (Å²) in [4.78, 5) is 11.8. The Bertz CT molecular complexity index is 471. The lowest BCUT2D eigenvalue weighted by Crippen LogP contribution is -2.32. The fourth-order valence-electron chi connectivity index (χ4n) is 1.62. The molecule has 1 aromatic carbocycles. The van der Waals surface area contributed by atoms with Gasteiger partial charge in [-0.1, -0.05) is 15.9 Å². The van der Waals surface area contributed by atoms with E-state index >= 15 is 0 Å². The van der Waals surface area contributed by atoms with Gasteiger partial charge >= 0.3 is 5.97 Å². The van der Waals surface area contributed by atoms with Gasteiger partial charge in [0.05, 0.1) is 12.2 Å². The van der Waals surface area contributed by atoms with Gasteiger partial charge in [-0.25, -0.2) is 4.79 Å². The van der Waals surface area contributed by atoms with Crippen LogP contribution in [0.1, 0.15) is 36.1 Å². The van der Waals surface area contributed by atoms with Crippen LogP contribution in [-0.4, -0.2) is 18.9 Å². The van der Waals surface area contributed by atoms with Crippen molar-refractivity contribution in [2.45, 2.75) is 26.4 Å². The van der Waals surface area contributed by atoms with Crippen LogP contribution in [0.2, 0.25) is 0 Å². The van der Waals surface area contributed by atoms with Crippen molar-refractivity contribution in [1.29, 1.82) is 0 Å². The van der Waals surface area contributed by atoms with Crippen molar-refractivity contribution in [1.82, 2.24) is 0 Å². The second-order valence-electron chi connectivity index (χ2n) is 3.75. The minimum Gasteiger partial charge on any atom is -0.462 e. The van der Waals surface area contributed by atoms with E-state index in [1.54, 1.807) is 13.0 Å². The highest BCUT2D eigenvalue weighted by atomic mass is 127. The van der Waals surface area contributed by atoms with Crippen molar-refractivity contribution in [3.8, 4) is 0 Å². The summed E-state index contributed by atoms with van der Waals surface area (Å²) >= 11 is 5.55. The molecular formula is C12H12BrIO4. The van der Waals surface area contributed by atoms with Gasteiger partial charge in [-0.15, -0.1) is 0 Å². The molecule has 0 aliphatic carbocycles. The predicted octanol–water partition coefficient (Wildman–Crippen LogP) is 3.62. The normalized spacial score (nSPS) is 22.4. The number of benzene rings is 1. The summed E-state index contributed by atoms with van der Waals surface area (Å²) in [7, 11) is 0. The molecule has 6 heteroatoms. The average Bonchev–Trinajstić information content (AvgIpc) is 2.26. The quantitative estimate of drug-likeness (QED) is 0.547. The molecule has 98 valence electrons. The third-order valence-electron chi connectivity index (χ3n) is 2.47. The number of carbonyl (C=O) groups is 1. The Labute approximate surface area is 127 Å². The van der Waals surface area contributed by atoms with Gasteiger partial charge in [0, 0.05) is 13.6 Å². The van der Waals surface area contributed by atoms with Crippen molar-refractivity contribution in [2.75, 3.05) is 6.61 Å². The van der Waals surface area contributed by atoms with E-state index in [2.05, 4.69) is 38.5 Å². The zero-order chi connectivity index (χ0) is 13.3. The first-order valence-electron chi connectivity index (χ1n) is 5.50. The van der Waals surface area contributed by atoms with Crippen LogP contribution >= 0.6 is 38.5 Å². The van der Waals surface area contributed by atoms with E-state index in [9.17, 15) is 4.79 Å². The van der Waals surface area contributed by atoms with Gasteiger partial charge in [-0.2, -0.15) is 0 Å². The Kier molecular flexibility index (Phi) is 4.63. The van der Waals surface area contributed by atoms with Crippen LogP contribution in [0.5, 0.6) is 0 Å². The van der Waals surface area contributed by atoms with Gasteiger partial charge in [-0.3, -0.25) is 0 Å². The van der Waals surface area contributed by atoms with Crippen molar-refractivity contribution in [3.05, 3.63) is 31.3 Å². The molecule has 0 atom stereocenters. The number of carbonyl (C=O) groups excluding carboxylic acids is 1. The second-order valence-corrected chi connectivity index (χ2v) is 5.76. The fraction of sp³-hybridized carbons (Fsp3) is 0.417. The smallest absolute Gasteiger partial charge is 0.339 e. The monoisotopic (exact) mass is 426 g/mol. The Morgan fingerprint density at radius 2 is 2.17 bits per heavy atom. The van der Waals surface area contributed by atoms with Gasteiger partial charge in [0.25, 0.3) is 0 Å². The van der Waals surface area contributed by atoms with Crippen LogP contribution in [-0.2, 0) is 14.2 Å². The third kappa shape index (κ3) is 2.87. The maximum atomic E-state index is 11.8. The van der Waals surface area contributed by atoms with Crippen LogP contribution in [0, 0.1) is 3.57 Å². The standard InChI is InChI=1S/C12H12BrIO4/c1-3-16-11(15)8-4-7(9(13)5-10(8)14)12-17-6(2)18-12/h4-6,12H,3H2,1-2H3. The van der Waals surface area contributed by atoms with Crippen LogP contribution in [0.25, 0.3) is 0 Å². The zero-order valence-electron chi connectivity index (χ0n) is 9.91. The van der Waals surface area contributed by atoms with Crippen molar-refractivity contribution < 1.29 is 19.0 Å². The molecule has 0 amide bonds. The number of ether oxygens (including phenoxy) is 3. The zero-order valence-corrected chi connectivity index (χ0v) is 13.6. The van der Waals surface area contributed by atoms with Crippen LogP contribution in [0.3, 0.4) is 0 Å². The number of hydrogen-bond donors (Lipinski definition) is 0. The molecule has 0 bridgehead atoms. The topological polar surface area (TPSA) is 44.8 Å². The van der Waals surface area contributed by atoms with Crippen molar-refractivity contribution in [3.63, 3.8) is 0 Å². The van der Waals surface area contributed by atoms with Gasteiger partial charge in [0.1, 0.15) is 0 Å². The van der Waals surface area contributed by atoms with E-state index in [1.807, 2.05) is 13.0 Å². The molecule has 0 radical (unpaired) electrons. The molecule has 1 aromatic rings. The molecule has 2 rings (SSSR count). The highest BCUT2D eigenvalue weighted by molar-refractivity contribution is 14.1. The van der Waals surface area contributed by atoms with Gasteiger partial charge < -0.3 is 14.2 Å². The van der Waals surface area contributed by atoms with Crippen molar-refractivity contribution in [2.24, 2.45) is 0 Å². The second kappa shape index (κ2) is 5.85. The van der Waals surface area contributed by atoms with E-state index in [-0.39, 0.29) is 12.3 Å². The van der Waals surface area contributed by atoms with Crippen LogP contribution in [0.15, 0.2) is 16.6 Å². The van der Waals surface area contributed by atoms with Gasteiger partial charge in [0.2, 0.25) is 0 Å². The highest BCUT2D eigenvalue weighted by Gasteiger charge is 2.31. The molecule has 0 spiro atoms. The minimum absolute atomic E-state index is 0.202.